The molecule has 1 aromatic heterocycles. The zero-order valence-electron chi connectivity index (χ0n) is 11.9. The first-order valence-electron chi connectivity index (χ1n) is 7.02. The summed E-state index contributed by atoms with van der Waals surface area (Å²) in [6.45, 7) is 2.65. The predicted octanol–water partition coefficient (Wildman–Crippen LogP) is 2.68. The summed E-state index contributed by atoms with van der Waals surface area (Å²) in [7, 11) is 0. The Labute approximate surface area is 136 Å². The maximum atomic E-state index is 11.4. The lowest BCUT2D eigenvalue weighted by Crippen LogP contribution is -2.37. The van der Waals surface area contributed by atoms with Gasteiger partial charge in [-0.3, -0.25) is 9.69 Å². The number of halogens is 1. The number of hydrogen-bond donors (Lipinski definition) is 1. The van der Waals surface area contributed by atoms with Gasteiger partial charge in [0.05, 0.1) is 19.3 Å². The molecular weight excluding hydrogens is 350 g/mol. The van der Waals surface area contributed by atoms with Crippen LogP contribution in [0.3, 0.4) is 0 Å². The van der Waals surface area contributed by atoms with E-state index in [2.05, 4.69) is 20.8 Å². The van der Waals surface area contributed by atoms with Gasteiger partial charge in [-0.2, -0.15) is 0 Å². The number of hydrogen-bond acceptors (Lipinski definition) is 5. The van der Waals surface area contributed by atoms with Gasteiger partial charge in [0.15, 0.2) is 5.75 Å². The molecule has 0 amide bonds. The van der Waals surface area contributed by atoms with E-state index in [0.717, 1.165) is 29.4 Å². The number of morpholine rings is 1. The first kappa shape index (κ1) is 15.3. The third-order valence-electron chi connectivity index (χ3n) is 3.64. The van der Waals surface area contributed by atoms with Crippen LogP contribution in [0.15, 0.2) is 50.3 Å². The smallest absolute Gasteiger partial charge is 0.226 e. The van der Waals surface area contributed by atoms with Crippen molar-refractivity contribution in [3.63, 3.8) is 0 Å². The second kappa shape index (κ2) is 6.64. The van der Waals surface area contributed by atoms with Crippen LogP contribution in [0.1, 0.15) is 17.4 Å². The van der Waals surface area contributed by atoms with E-state index in [0.29, 0.717) is 18.9 Å². The van der Waals surface area contributed by atoms with Gasteiger partial charge in [-0.1, -0.05) is 28.1 Å². The van der Waals surface area contributed by atoms with Crippen molar-refractivity contribution in [2.75, 3.05) is 19.7 Å². The van der Waals surface area contributed by atoms with Crippen molar-refractivity contribution in [2.45, 2.75) is 12.6 Å². The Hall–Kier alpha value is -1.63. The fourth-order valence-electron chi connectivity index (χ4n) is 2.47. The fourth-order valence-corrected chi connectivity index (χ4v) is 2.74. The van der Waals surface area contributed by atoms with Gasteiger partial charge in [0.2, 0.25) is 5.43 Å². The molecule has 0 spiro atoms. The summed E-state index contributed by atoms with van der Waals surface area (Å²) in [6.07, 6.45) is 1.09. The van der Waals surface area contributed by atoms with Crippen molar-refractivity contribution in [3.8, 4) is 5.75 Å². The van der Waals surface area contributed by atoms with E-state index in [1.165, 1.54) is 6.07 Å². The average molecular weight is 366 g/mol. The highest BCUT2D eigenvalue weighted by Crippen LogP contribution is 2.24. The van der Waals surface area contributed by atoms with Crippen molar-refractivity contribution in [2.24, 2.45) is 0 Å². The van der Waals surface area contributed by atoms with Gasteiger partial charge in [-0.15, -0.1) is 0 Å². The van der Waals surface area contributed by atoms with Crippen molar-refractivity contribution in [3.05, 3.63) is 62.6 Å². The van der Waals surface area contributed by atoms with Crippen molar-refractivity contribution >= 4 is 15.9 Å². The van der Waals surface area contributed by atoms with Gasteiger partial charge < -0.3 is 14.3 Å². The Bertz CT molecular complexity index is 698. The summed E-state index contributed by atoms with van der Waals surface area (Å²) in [5.41, 5.74) is 0.707. The molecule has 1 fully saturated rings. The zero-order valence-corrected chi connectivity index (χ0v) is 13.5. The predicted molar refractivity (Wildman–Crippen MR) is 84.8 cm³/mol. The highest BCUT2D eigenvalue weighted by atomic mass is 79.9. The molecule has 2 aromatic rings. The fraction of sp³-hybridized carbons (Fsp3) is 0.312. The highest BCUT2D eigenvalue weighted by molar-refractivity contribution is 9.10. The summed E-state index contributed by atoms with van der Waals surface area (Å²) in [5.74, 6) is 0.178. The van der Waals surface area contributed by atoms with Gasteiger partial charge >= 0.3 is 0 Å². The van der Waals surface area contributed by atoms with Crippen LogP contribution in [0.5, 0.6) is 5.75 Å². The summed E-state index contributed by atoms with van der Waals surface area (Å²) < 4.78 is 12.1. The molecule has 0 saturated carbocycles. The van der Waals surface area contributed by atoms with Crippen LogP contribution in [0, 0.1) is 0 Å². The zero-order chi connectivity index (χ0) is 15.5. The van der Waals surface area contributed by atoms with E-state index in [4.69, 9.17) is 9.15 Å². The molecule has 0 bridgehead atoms. The van der Waals surface area contributed by atoms with Crippen LogP contribution in [0.25, 0.3) is 0 Å². The van der Waals surface area contributed by atoms with E-state index < -0.39 is 5.43 Å². The maximum absolute atomic E-state index is 11.4. The van der Waals surface area contributed by atoms with E-state index in [1.807, 2.05) is 24.3 Å². The van der Waals surface area contributed by atoms with Gasteiger partial charge in [-0.25, -0.2) is 0 Å². The molecule has 3 rings (SSSR count). The Morgan fingerprint density at radius 3 is 2.82 bits per heavy atom. The standard InChI is InChI=1S/C16H16BrNO4/c17-12-3-1-11(2-4-12)16-9-18(5-6-21-16)8-13-7-14(19)15(20)10-22-13/h1-4,7,10,16,20H,5-6,8-9H2. The van der Waals surface area contributed by atoms with Crippen LogP contribution < -0.4 is 5.43 Å². The van der Waals surface area contributed by atoms with E-state index in [9.17, 15) is 9.90 Å². The summed E-state index contributed by atoms with van der Waals surface area (Å²) >= 11 is 3.42. The van der Waals surface area contributed by atoms with Gasteiger partial charge in [0.1, 0.15) is 12.0 Å². The minimum atomic E-state index is -0.418. The quantitative estimate of drug-likeness (QED) is 0.905. The Morgan fingerprint density at radius 1 is 1.32 bits per heavy atom. The number of aromatic hydroxyl groups is 1. The molecule has 1 aliphatic heterocycles. The van der Waals surface area contributed by atoms with Crippen molar-refractivity contribution in [1.29, 1.82) is 0 Å². The van der Waals surface area contributed by atoms with Crippen LogP contribution >= 0.6 is 15.9 Å². The molecule has 0 radical (unpaired) electrons. The molecule has 1 aliphatic rings. The molecule has 1 aromatic carbocycles. The molecule has 1 unspecified atom stereocenters. The van der Waals surface area contributed by atoms with Gasteiger partial charge in [0, 0.05) is 23.6 Å². The molecule has 22 heavy (non-hydrogen) atoms. The van der Waals surface area contributed by atoms with Crippen LogP contribution in [-0.4, -0.2) is 29.7 Å². The summed E-state index contributed by atoms with van der Waals surface area (Å²) in [6, 6.07) is 9.41. The van der Waals surface area contributed by atoms with Gasteiger partial charge in [0.25, 0.3) is 0 Å². The van der Waals surface area contributed by atoms with Crippen LogP contribution in [0.2, 0.25) is 0 Å². The lowest BCUT2D eigenvalue weighted by molar-refractivity contribution is -0.0348. The largest absolute Gasteiger partial charge is 0.502 e. The molecule has 0 aliphatic carbocycles. The molecule has 6 heteroatoms. The number of ether oxygens (including phenoxy) is 1. The topological polar surface area (TPSA) is 62.9 Å². The first-order chi connectivity index (χ1) is 10.6. The second-order valence-corrected chi connectivity index (χ2v) is 6.16. The summed E-state index contributed by atoms with van der Waals surface area (Å²) in [5, 5.41) is 9.22. The Balaban J connectivity index is 1.68. The summed E-state index contributed by atoms with van der Waals surface area (Å²) in [4.78, 5) is 13.6. The van der Waals surface area contributed by atoms with Gasteiger partial charge in [-0.05, 0) is 17.7 Å². The van der Waals surface area contributed by atoms with Crippen LogP contribution in [-0.2, 0) is 11.3 Å². The molecule has 2 heterocycles. The molecular formula is C16H16BrNO4. The molecule has 1 N–H and O–H groups in total. The number of benzene rings is 1. The van der Waals surface area contributed by atoms with Crippen molar-refractivity contribution < 1.29 is 14.3 Å². The lowest BCUT2D eigenvalue weighted by atomic mass is 10.1. The average Bonchev–Trinajstić information content (AvgIpc) is 2.52. The third kappa shape index (κ3) is 3.58. The highest BCUT2D eigenvalue weighted by Gasteiger charge is 2.22. The molecule has 5 nitrogen and oxygen atoms in total. The van der Waals surface area contributed by atoms with Crippen LogP contribution in [0.4, 0.5) is 0 Å². The van der Waals surface area contributed by atoms with E-state index >= 15 is 0 Å². The van der Waals surface area contributed by atoms with E-state index in [-0.39, 0.29) is 11.9 Å². The maximum Gasteiger partial charge on any atom is 0.226 e. The van der Waals surface area contributed by atoms with E-state index in [1.54, 1.807) is 0 Å². The molecule has 1 atom stereocenters. The Morgan fingerprint density at radius 2 is 2.09 bits per heavy atom. The number of nitrogens with zero attached hydrogens (tertiary/aromatic N) is 1. The second-order valence-electron chi connectivity index (χ2n) is 5.24. The Kier molecular flexibility index (Phi) is 4.61. The third-order valence-corrected chi connectivity index (χ3v) is 4.17. The lowest BCUT2D eigenvalue weighted by Gasteiger charge is -2.32. The van der Waals surface area contributed by atoms with Crippen molar-refractivity contribution in [1.82, 2.24) is 4.90 Å². The monoisotopic (exact) mass is 365 g/mol. The molecule has 116 valence electrons. The first-order valence-corrected chi connectivity index (χ1v) is 7.81. The minimum Gasteiger partial charge on any atom is -0.502 e. The normalized spacial score (nSPS) is 19.2. The minimum absolute atomic E-state index is 0.00527. The SMILES string of the molecule is O=c1cc(CN2CCOC(c3ccc(Br)cc3)C2)occ1O. The molecule has 1 saturated heterocycles. The number of rotatable bonds is 3.